The molecule has 0 saturated heterocycles. The van der Waals surface area contributed by atoms with Crippen LogP contribution in [0.2, 0.25) is 0 Å². The summed E-state index contributed by atoms with van der Waals surface area (Å²) in [7, 11) is 0. The third kappa shape index (κ3) is 3.98. The van der Waals surface area contributed by atoms with Gasteiger partial charge in [0.2, 0.25) is 5.91 Å². The average Bonchev–Trinajstić information content (AvgIpc) is 3.21. The van der Waals surface area contributed by atoms with Gasteiger partial charge >= 0.3 is 6.18 Å². The fourth-order valence-corrected chi connectivity index (χ4v) is 4.45. The van der Waals surface area contributed by atoms with Gasteiger partial charge in [0.1, 0.15) is 6.04 Å². The molecule has 0 bridgehead atoms. The maximum atomic E-state index is 13.6. The molecule has 32 heavy (non-hydrogen) atoms. The number of rotatable bonds is 5. The number of nitrogens with zero attached hydrogens (tertiary/aromatic N) is 1. The van der Waals surface area contributed by atoms with Crippen molar-refractivity contribution in [3.8, 4) is 0 Å². The zero-order chi connectivity index (χ0) is 22.9. The monoisotopic (exact) mass is 438 g/mol. The van der Waals surface area contributed by atoms with Crippen LogP contribution in [0.3, 0.4) is 0 Å². The Morgan fingerprint density at radius 3 is 2.12 bits per heavy atom. The lowest BCUT2D eigenvalue weighted by Gasteiger charge is -2.36. The molecule has 1 aliphatic carbocycles. The second kappa shape index (κ2) is 8.49. The summed E-state index contributed by atoms with van der Waals surface area (Å²) in [6.45, 7) is 0. The first-order valence-corrected chi connectivity index (χ1v) is 10.2. The minimum Gasteiger partial charge on any atom is -0.368 e. The Balaban J connectivity index is 1.87. The molecule has 4 rings (SSSR count). The number of primary amides is 1. The van der Waals surface area contributed by atoms with Gasteiger partial charge in [0, 0.05) is 5.56 Å². The first-order chi connectivity index (χ1) is 15.3. The normalized spacial score (nSPS) is 16.3. The van der Waals surface area contributed by atoms with E-state index in [-0.39, 0.29) is 18.4 Å². The number of halogens is 3. The lowest BCUT2D eigenvalue weighted by molar-refractivity contribution is -0.138. The Kier molecular flexibility index (Phi) is 5.74. The number of hydrogen-bond donors (Lipinski definition) is 1. The second-order valence-corrected chi connectivity index (χ2v) is 7.72. The Hall–Kier alpha value is -3.61. The Bertz CT molecular complexity index is 1130. The minimum absolute atomic E-state index is 0.147. The van der Waals surface area contributed by atoms with E-state index >= 15 is 0 Å². The third-order valence-corrected chi connectivity index (χ3v) is 5.80. The number of fused-ring (bicyclic) bond motifs is 1. The molecule has 0 aliphatic heterocycles. The molecule has 164 valence electrons. The van der Waals surface area contributed by atoms with Crippen molar-refractivity contribution in [2.75, 3.05) is 0 Å². The first kappa shape index (κ1) is 21.6. The van der Waals surface area contributed by atoms with Crippen molar-refractivity contribution in [2.24, 2.45) is 5.73 Å². The highest BCUT2D eigenvalue weighted by molar-refractivity contribution is 5.98. The first-order valence-electron chi connectivity index (χ1n) is 10.2. The Labute approximate surface area is 183 Å². The topological polar surface area (TPSA) is 63.4 Å². The number of hydrogen-bond acceptors (Lipinski definition) is 2. The standard InChI is InChI=1S/C25H21F3N2O2/c26-25(27,28)20-13-7-12-19-18(20)14-15-21(19)30(24(32)17-10-5-2-6-11-17)22(23(29)31)16-8-3-1-4-9-16/h1-13,21-22H,14-15H2,(H2,29,31)/t21-,22-/m1/s1. The van der Waals surface area contributed by atoms with Crippen molar-refractivity contribution in [2.45, 2.75) is 31.1 Å². The molecule has 4 nitrogen and oxygen atoms in total. The Morgan fingerprint density at radius 1 is 0.906 bits per heavy atom. The molecule has 1 aliphatic rings. The molecular formula is C25H21F3N2O2. The number of benzene rings is 3. The summed E-state index contributed by atoms with van der Waals surface area (Å²) in [4.78, 5) is 27.6. The van der Waals surface area contributed by atoms with Crippen LogP contribution in [0.1, 0.15) is 51.1 Å². The second-order valence-electron chi connectivity index (χ2n) is 7.72. The lowest BCUT2D eigenvalue weighted by Crippen LogP contribution is -2.43. The van der Waals surface area contributed by atoms with Crippen LogP contribution in [0.4, 0.5) is 13.2 Å². The van der Waals surface area contributed by atoms with Crippen molar-refractivity contribution in [3.05, 3.63) is 107 Å². The highest BCUT2D eigenvalue weighted by atomic mass is 19.4. The molecular weight excluding hydrogens is 417 g/mol. The SMILES string of the molecule is NC(=O)[C@@H](c1ccccc1)N(C(=O)c1ccccc1)[C@@H]1CCc2c1cccc2C(F)(F)F. The van der Waals surface area contributed by atoms with Gasteiger partial charge in [0.05, 0.1) is 11.6 Å². The lowest BCUT2D eigenvalue weighted by atomic mass is 9.97. The molecule has 2 amide bonds. The molecule has 0 aromatic heterocycles. The van der Waals surface area contributed by atoms with Crippen LogP contribution < -0.4 is 5.73 Å². The Morgan fingerprint density at radius 2 is 1.53 bits per heavy atom. The van der Waals surface area contributed by atoms with Gasteiger partial charge in [0.25, 0.3) is 5.91 Å². The molecule has 0 radical (unpaired) electrons. The molecule has 7 heteroatoms. The summed E-state index contributed by atoms with van der Waals surface area (Å²) in [5.74, 6) is -1.21. The molecule has 0 fully saturated rings. The van der Waals surface area contributed by atoms with Gasteiger partial charge in [-0.2, -0.15) is 13.2 Å². The van der Waals surface area contributed by atoms with Crippen molar-refractivity contribution in [1.82, 2.24) is 4.90 Å². The van der Waals surface area contributed by atoms with Crippen LogP contribution in [0.5, 0.6) is 0 Å². The van der Waals surface area contributed by atoms with Crippen molar-refractivity contribution in [3.63, 3.8) is 0 Å². The van der Waals surface area contributed by atoms with Gasteiger partial charge in [0.15, 0.2) is 0 Å². The molecule has 3 aromatic carbocycles. The van der Waals surface area contributed by atoms with E-state index < -0.39 is 35.6 Å². The van der Waals surface area contributed by atoms with E-state index in [0.29, 0.717) is 16.7 Å². The fraction of sp³-hybridized carbons (Fsp3) is 0.200. The van der Waals surface area contributed by atoms with E-state index in [0.717, 1.165) is 6.07 Å². The molecule has 3 aromatic rings. The predicted octanol–water partition coefficient (Wildman–Crippen LogP) is 5.06. The van der Waals surface area contributed by atoms with Gasteiger partial charge in [-0.3, -0.25) is 9.59 Å². The molecule has 2 atom stereocenters. The van der Waals surface area contributed by atoms with E-state index in [9.17, 15) is 22.8 Å². The van der Waals surface area contributed by atoms with Crippen LogP contribution in [-0.4, -0.2) is 16.7 Å². The number of carbonyl (C=O) groups excluding carboxylic acids is 2. The minimum atomic E-state index is -4.50. The molecule has 2 N–H and O–H groups in total. The molecule has 0 unspecified atom stereocenters. The van der Waals surface area contributed by atoms with E-state index in [4.69, 9.17) is 5.73 Å². The average molecular weight is 438 g/mol. The van der Waals surface area contributed by atoms with Gasteiger partial charge < -0.3 is 10.6 Å². The predicted molar refractivity (Wildman–Crippen MR) is 113 cm³/mol. The maximum Gasteiger partial charge on any atom is 0.416 e. The van der Waals surface area contributed by atoms with Crippen LogP contribution >= 0.6 is 0 Å². The van der Waals surface area contributed by atoms with E-state index in [1.54, 1.807) is 66.7 Å². The molecule has 0 saturated carbocycles. The smallest absolute Gasteiger partial charge is 0.368 e. The van der Waals surface area contributed by atoms with E-state index in [2.05, 4.69) is 0 Å². The van der Waals surface area contributed by atoms with E-state index in [1.165, 1.54) is 11.0 Å². The van der Waals surface area contributed by atoms with Crippen LogP contribution in [0, 0.1) is 0 Å². The number of carbonyl (C=O) groups is 2. The summed E-state index contributed by atoms with van der Waals surface area (Å²) >= 11 is 0. The zero-order valence-corrected chi connectivity index (χ0v) is 17.0. The number of alkyl halides is 3. The third-order valence-electron chi connectivity index (χ3n) is 5.80. The van der Waals surface area contributed by atoms with Crippen molar-refractivity contribution < 1.29 is 22.8 Å². The summed E-state index contributed by atoms with van der Waals surface area (Å²) in [6, 6.07) is 19.1. The number of nitrogens with two attached hydrogens (primary N) is 1. The largest absolute Gasteiger partial charge is 0.416 e. The highest BCUT2D eigenvalue weighted by Gasteiger charge is 2.42. The number of amides is 2. The van der Waals surface area contributed by atoms with Gasteiger partial charge in [-0.05, 0) is 47.7 Å². The quantitative estimate of drug-likeness (QED) is 0.605. The van der Waals surface area contributed by atoms with Crippen LogP contribution in [0.15, 0.2) is 78.9 Å². The van der Waals surface area contributed by atoms with Crippen LogP contribution in [0.25, 0.3) is 0 Å². The van der Waals surface area contributed by atoms with Gasteiger partial charge in [-0.15, -0.1) is 0 Å². The molecule has 0 heterocycles. The fourth-order valence-electron chi connectivity index (χ4n) is 4.45. The summed E-state index contributed by atoms with van der Waals surface area (Å²) < 4.78 is 40.8. The summed E-state index contributed by atoms with van der Waals surface area (Å²) in [5, 5.41) is 0. The molecule has 0 spiro atoms. The van der Waals surface area contributed by atoms with E-state index in [1.807, 2.05) is 0 Å². The zero-order valence-electron chi connectivity index (χ0n) is 17.0. The van der Waals surface area contributed by atoms with Gasteiger partial charge in [-0.25, -0.2) is 0 Å². The van der Waals surface area contributed by atoms with Gasteiger partial charge in [-0.1, -0.05) is 60.7 Å². The summed E-state index contributed by atoms with van der Waals surface area (Å²) in [6.07, 6.45) is -4.09. The maximum absolute atomic E-state index is 13.6. The highest BCUT2D eigenvalue weighted by Crippen LogP contribution is 2.45. The van der Waals surface area contributed by atoms with Crippen molar-refractivity contribution >= 4 is 11.8 Å². The van der Waals surface area contributed by atoms with Crippen LogP contribution in [-0.2, 0) is 17.4 Å². The summed E-state index contributed by atoms with van der Waals surface area (Å²) in [5.41, 5.74) is 6.44. The van der Waals surface area contributed by atoms with Crippen molar-refractivity contribution in [1.29, 1.82) is 0 Å².